The third-order valence-electron chi connectivity index (χ3n) is 3.91. The fourth-order valence-corrected chi connectivity index (χ4v) is 3.27. The smallest absolute Gasteiger partial charge is 0.221 e. The molecule has 0 spiro atoms. The third kappa shape index (κ3) is 6.93. The minimum Gasteiger partial charge on any atom is -0.356 e. The minimum absolute atomic E-state index is 0.0866. The van der Waals surface area contributed by atoms with Crippen molar-refractivity contribution in [2.75, 3.05) is 19.3 Å². The zero-order valence-corrected chi connectivity index (χ0v) is 15.5. The van der Waals surface area contributed by atoms with Crippen LogP contribution in [0.5, 0.6) is 0 Å². The van der Waals surface area contributed by atoms with Gasteiger partial charge in [-0.15, -0.1) is 0 Å². The first kappa shape index (κ1) is 20.1. The van der Waals surface area contributed by atoms with E-state index in [1.54, 1.807) is 12.1 Å². The van der Waals surface area contributed by atoms with E-state index < -0.39 is 10.0 Å². The number of benzene rings is 2. The SMILES string of the molecule is CS(=O)(=O)N(CCC(=O)NCCc1ccc(F)cc1)Cc1ccccc1. The Balaban J connectivity index is 1.80. The number of nitrogens with zero attached hydrogens (tertiary/aromatic N) is 1. The van der Waals surface area contributed by atoms with Crippen LogP contribution in [0.15, 0.2) is 54.6 Å². The predicted octanol–water partition coefficient (Wildman–Crippen LogP) is 2.34. The molecule has 5 nitrogen and oxygen atoms in total. The van der Waals surface area contributed by atoms with Gasteiger partial charge in [0.25, 0.3) is 0 Å². The van der Waals surface area contributed by atoms with Gasteiger partial charge in [0.2, 0.25) is 15.9 Å². The van der Waals surface area contributed by atoms with Crippen molar-refractivity contribution in [2.24, 2.45) is 0 Å². The molecule has 2 rings (SSSR count). The number of amides is 1. The van der Waals surface area contributed by atoms with Crippen LogP contribution >= 0.6 is 0 Å². The summed E-state index contributed by atoms with van der Waals surface area (Å²) in [5, 5.41) is 2.76. The van der Waals surface area contributed by atoms with Crippen molar-refractivity contribution in [3.05, 3.63) is 71.5 Å². The van der Waals surface area contributed by atoms with Gasteiger partial charge in [-0.1, -0.05) is 42.5 Å². The van der Waals surface area contributed by atoms with Crippen LogP contribution in [-0.4, -0.2) is 38.0 Å². The van der Waals surface area contributed by atoms with Crippen LogP contribution in [0.3, 0.4) is 0 Å². The van der Waals surface area contributed by atoms with Crippen LogP contribution in [0.1, 0.15) is 17.5 Å². The molecular weight excluding hydrogens is 355 g/mol. The molecule has 2 aromatic carbocycles. The van der Waals surface area contributed by atoms with Gasteiger partial charge < -0.3 is 5.32 Å². The molecule has 2 aromatic rings. The summed E-state index contributed by atoms with van der Waals surface area (Å²) in [6, 6.07) is 15.4. The first-order valence-electron chi connectivity index (χ1n) is 8.35. The molecule has 0 aliphatic carbocycles. The molecule has 0 saturated heterocycles. The summed E-state index contributed by atoms with van der Waals surface area (Å²) in [7, 11) is -3.41. The van der Waals surface area contributed by atoms with Crippen molar-refractivity contribution in [2.45, 2.75) is 19.4 Å². The van der Waals surface area contributed by atoms with Gasteiger partial charge in [-0.2, -0.15) is 4.31 Å². The van der Waals surface area contributed by atoms with E-state index in [0.717, 1.165) is 17.4 Å². The van der Waals surface area contributed by atoms with Crippen molar-refractivity contribution in [1.29, 1.82) is 0 Å². The summed E-state index contributed by atoms with van der Waals surface area (Å²) in [5.41, 5.74) is 1.79. The Labute approximate surface area is 153 Å². The van der Waals surface area contributed by atoms with Crippen LogP contribution in [0.4, 0.5) is 4.39 Å². The summed E-state index contributed by atoms with van der Waals surface area (Å²) >= 11 is 0. The largest absolute Gasteiger partial charge is 0.356 e. The highest BCUT2D eigenvalue weighted by atomic mass is 32.2. The average Bonchev–Trinajstić information content (AvgIpc) is 2.60. The van der Waals surface area contributed by atoms with Crippen LogP contribution in [-0.2, 0) is 27.8 Å². The van der Waals surface area contributed by atoms with Gasteiger partial charge >= 0.3 is 0 Å². The number of hydrogen-bond acceptors (Lipinski definition) is 3. The second kappa shape index (κ2) is 9.45. The zero-order chi connectivity index (χ0) is 19.0. The number of sulfonamides is 1. The van der Waals surface area contributed by atoms with E-state index in [9.17, 15) is 17.6 Å². The number of nitrogens with one attached hydrogen (secondary N) is 1. The van der Waals surface area contributed by atoms with Crippen LogP contribution in [0.25, 0.3) is 0 Å². The zero-order valence-electron chi connectivity index (χ0n) is 14.7. The van der Waals surface area contributed by atoms with Crippen molar-refractivity contribution in [3.63, 3.8) is 0 Å². The molecule has 1 amide bonds. The quantitative estimate of drug-likeness (QED) is 0.728. The number of carbonyl (C=O) groups excluding carboxylic acids is 1. The molecule has 0 atom stereocenters. The van der Waals surface area contributed by atoms with Crippen LogP contribution in [0.2, 0.25) is 0 Å². The van der Waals surface area contributed by atoms with Gasteiger partial charge in [-0.05, 0) is 29.7 Å². The maximum Gasteiger partial charge on any atom is 0.221 e. The van der Waals surface area contributed by atoms with Gasteiger partial charge in [-0.3, -0.25) is 4.79 Å². The molecule has 0 heterocycles. The Hall–Kier alpha value is -2.25. The monoisotopic (exact) mass is 378 g/mol. The number of rotatable bonds is 9. The van der Waals surface area contributed by atoms with Crippen molar-refractivity contribution in [3.8, 4) is 0 Å². The Kier molecular flexibility index (Phi) is 7.29. The molecule has 26 heavy (non-hydrogen) atoms. The lowest BCUT2D eigenvalue weighted by atomic mass is 10.1. The van der Waals surface area contributed by atoms with Gasteiger partial charge in [0.15, 0.2) is 0 Å². The van der Waals surface area contributed by atoms with Gasteiger partial charge in [-0.25, -0.2) is 12.8 Å². The first-order chi connectivity index (χ1) is 12.3. The number of carbonyl (C=O) groups is 1. The first-order valence-corrected chi connectivity index (χ1v) is 10.2. The number of hydrogen-bond donors (Lipinski definition) is 1. The van der Waals surface area contributed by atoms with Crippen molar-refractivity contribution < 1.29 is 17.6 Å². The summed E-state index contributed by atoms with van der Waals surface area (Å²) in [5.74, 6) is -0.508. The molecule has 0 radical (unpaired) electrons. The minimum atomic E-state index is -3.41. The molecule has 0 aliphatic rings. The standard InChI is InChI=1S/C19H23FN2O3S/c1-26(24,25)22(15-17-5-3-2-4-6-17)14-12-19(23)21-13-11-16-7-9-18(20)10-8-16/h2-10H,11-15H2,1H3,(H,21,23). The van der Waals surface area contributed by atoms with Gasteiger partial charge in [0, 0.05) is 26.1 Å². The Bertz CT molecular complexity index is 808. The van der Waals surface area contributed by atoms with E-state index in [1.165, 1.54) is 16.4 Å². The van der Waals surface area contributed by atoms with E-state index in [4.69, 9.17) is 0 Å². The second-order valence-electron chi connectivity index (χ2n) is 6.06. The second-order valence-corrected chi connectivity index (χ2v) is 8.04. The third-order valence-corrected chi connectivity index (χ3v) is 5.16. The molecule has 140 valence electrons. The predicted molar refractivity (Wildman–Crippen MR) is 99.4 cm³/mol. The molecule has 0 bridgehead atoms. The van der Waals surface area contributed by atoms with E-state index in [2.05, 4.69) is 5.32 Å². The van der Waals surface area contributed by atoms with Gasteiger partial charge in [0.05, 0.1) is 6.26 Å². The van der Waals surface area contributed by atoms with E-state index in [-0.39, 0.29) is 31.2 Å². The molecule has 0 unspecified atom stereocenters. The molecule has 1 N–H and O–H groups in total. The van der Waals surface area contributed by atoms with Crippen molar-refractivity contribution in [1.82, 2.24) is 9.62 Å². The molecule has 0 fully saturated rings. The highest BCUT2D eigenvalue weighted by molar-refractivity contribution is 7.88. The average molecular weight is 378 g/mol. The molecular formula is C19H23FN2O3S. The Morgan fingerprint density at radius 2 is 1.69 bits per heavy atom. The summed E-state index contributed by atoms with van der Waals surface area (Å²) < 4.78 is 38.0. The lowest BCUT2D eigenvalue weighted by Gasteiger charge is -2.19. The Morgan fingerprint density at radius 3 is 2.31 bits per heavy atom. The fourth-order valence-electron chi connectivity index (χ4n) is 2.46. The van der Waals surface area contributed by atoms with E-state index >= 15 is 0 Å². The maximum absolute atomic E-state index is 12.8. The highest BCUT2D eigenvalue weighted by Gasteiger charge is 2.18. The number of halogens is 1. The maximum atomic E-state index is 12.8. The molecule has 7 heteroatoms. The van der Waals surface area contributed by atoms with E-state index in [0.29, 0.717) is 13.0 Å². The normalized spacial score (nSPS) is 11.5. The molecule has 0 aromatic heterocycles. The topological polar surface area (TPSA) is 66.5 Å². The molecule has 0 aliphatic heterocycles. The summed E-state index contributed by atoms with van der Waals surface area (Å²) in [4.78, 5) is 12.0. The fraction of sp³-hybridized carbons (Fsp3) is 0.316. The van der Waals surface area contributed by atoms with Crippen LogP contribution in [0, 0.1) is 5.82 Å². The van der Waals surface area contributed by atoms with Gasteiger partial charge in [0.1, 0.15) is 5.82 Å². The van der Waals surface area contributed by atoms with E-state index in [1.807, 2.05) is 30.3 Å². The highest BCUT2D eigenvalue weighted by Crippen LogP contribution is 2.09. The Morgan fingerprint density at radius 1 is 1.04 bits per heavy atom. The lowest BCUT2D eigenvalue weighted by Crippen LogP contribution is -2.34. The van der Waals surface area contributed by atoms with Crippen LogP contribution < -0.4 is 5.32 Å². The lowest BCUT2D eigenvalue weighted by molar-refractivity contribution is -0.121. The van der Waals surface area contributed by atoms with Crippen molar-refractivity contribution >= 4 is 15.9 Å². The summed E-state index contributed by atoms with van der Waals surface area (Å²) in [6.45, 7) is 0.778. The summed E-state index contributed by atoms with van der Waals surface area (Å²) in [6.07, 6.45) is 1.82. The molecule has 0 saturated carbocycles.